The van der Waals surface area contributed by atoms with Crippen LogP contribution < -0.4 is 15.5 Å². The van der Waals surface area contributed by atoms with Crippen LogP contribution in [-0.2, 0) is 9.53 Å². The van der Waals surface area contributed by atoms with Crippen molar-refractivity contribution in [1.29, 1.82) is 0 Å². The van der Waals surface area contributed by atoms with Gasteiger partial charge < -0.3 is 30.2 Å². The fourth-order valence-corrected chi connectivity index (χ4v) is 5.19. The summed E-state index contributed by atoms with van der Waals surface area (Å²) in [5, 5.41) is 6.53. The van der Waals surface area contributed by atoms with Gasteiger partial charge in [0.25, 0.3) is 0 Å². The number of ether oxygens (including phenoxy) is 1. The third-order valence-corrected chi connectivity index (χ3v) is 7.53. The number of piperazine rings is 1. The summed E-state index contributed by atoms with van der Waals surface area (Å²) in [6.45, 7) is 13.9. The average molecular weight is 588 g/mol. The maximum absolute atomic E-state index is 13.8. The third-order valence-electron chi connectivity index (χ3n) is 7.53. The molecule has 0 spiro atoms. The van der Waals surface area contributed by atoms with Crippen molar-refractivity contribution in [2.75, 3.05) is 56.0 Å². The predicted molar refractivity (Wildman–Crippen MR) is 168 cm³/mol. The fourth-order valence-electron chi connectivity index (χ4n) is 5.19. The number of aromatic nitrogens is 4. The van der Waals surface area contributed by atoms with Crippen LogP contribution in [0.4, 0.5) is 16.6 Å². The number of amides is 1. The highest BCUT2D eigenvalue weighted by Crippen LogP contribution is 2.26. The lowest BCUT2D eigenvalue weighted by Gasteiger charge is -2.38. The van der Waals surface area contributed by atoms with Crippen LogP contribution in [0.25, 0.3) is 22.3 Å². The van der Waals surface area contributed by atoms with Gasteiger partial charge in [-0.05, 0) is 65.1 Å². The van der Waals surface area contributed by atoms with Crippen molar-refractivity contribution in [3.63, 3.8) is 0 Å². The lowest BCUT2D eigenvalue weighted by Crippen LogP contribution is -2.60. The van der Waals surface area contributed by atoms with E-state index >= 15 is 0 Å². The number of nitrogens with zero attached hydrogens (tertiary/aromatic N) is 6. The van der Waals surface area contributed by atoms with E-state index in [1.165, 1.54) is 0 Å². The molecule has 1 atom stereocenters. The van der Waals surface area contributed by atoms with Gasteiger partial charge >= 0.3 is 6.09 Å². The van der Waals surface area contributed by atoms with Crippen LogP contribution in [0, 0.1) is 0 Å². The molecule has 1 unspecified atom stereocenters. The van der Waals surface area contributed by atoms with Crippen molar-refractivity contribution in [1.82, 2.24) is 35.1 Å². The molecule has 12 heteroatoms. The van der Waals surface area contributed by atoms with Crippen LogP contribution in [0.5, 0.6) is 0 Å². The second kappa shape index (κ2) is 12.4. The van der Waals surface area contributed by atoms with Gasteiger partial charge in [-0.2, -0.15) is 0 Å². The summed E-state index contributed by atoms with van der Waals surface area (Å²) in [6, 6.07) is 7.92. The molecule has 228 valence electrons. The maximum Gasteiger partial charge on any atom is 0.410 e. The molecule has 3 aromatic rings. The molecule has 2 aliphatic heterocycles. The molecule has 43 heavy (non-hydrogen) atoms. The largest absolute Gasteiger partial charge is 0.444 e. The molecule has 2 aliphatic rings. The number of allylic oxidation sites excluding steroid dienone is 2. The summed E-state index contributed by atoms with van der Waals surface area (Å²) < 4.78 is 5.50. The van der Waals surface area contributed by atoms with Crippen molar-refractivity contribution < 1.29 is 14.3 Å². The number of fused-ring (bicyclic) bond motifs is 1. The first-order valence-electron chi connectivity index (χ1n) is 14.8. The molecule has 1 amide bonds. The molecule has 1 saturated heterocycles. The summed E-state index contributed by atoms with van der Waals surface area (Å²) in [7, 11) is 0. The van der Waals surface area contributed by atoms with Gasteiger partial charge in [0.2, 0.25) is 5.95 Å². The summed E-state index contributed by atoms with van der Waals surface area (Å²) in [5.74, 6) is 1.29. The Labute approximate surface area is 252 Å². The summed E-state index contributed by atoms with van der Waals surface area (Å²) in [4.78, 5) is 49.1. The van der Waals surface area contributed by atoms with E-state index in [0.717, 1.165) is 41.2 Å². The fraction of sp³-hybridized carbons (Fsp3) is 0.452. The van der Waals surface area contributed by atoms with Crippen LogP contribution in [0.3, 0.4) is 0 Å². The molecule has 0 aliphatic carbocycles. The molecule has 0 saturated carbocycles. The standard InChI is InChI=1S/C31H41N9O3/c1-6-39(7-2)27-19-24(32-21-33-27)22-10-11-23-25(18-22)36-28(35-23)37-31(12-8-9-13-34-31)26(41)20-38-14-16-40(17-15-38)29(42)43-30(3,4)5/h8-13,18-19,21,34H,6-7,14-17,20H2,1-5H3,(H2,35,36,37). The van der Waals surface area contributed by atoms with Gasteiger partial charge in [-0.3, -0.25) is 9.69 Å². The van der Waals surface area contributed by atoms with Gasteiger partial charge in [0.05, 0.1) is 23.3 Å². The van der Waals surface area contributed by atoms with Crippen LogP contribution in [-0.4, -0.2) is 98.7 Å². The zero-order valence-corrected chi connectivity index (χ0v) is 25.6. The first-order chi connectivity index (χ1) is 20.6. The summed E-state index contributed by atoms with van der Waals surface area (Å²) in [5.41, 5.74) is 1.62. The average Bonchev–Trinajstić information content (AvgIpc) is 3.39. The van der Waals surface area contributed by atoms with Gasteiger partial charge in [-0.15, -0.1) is 0 Å². The third kappa shape index (κ3) is 6.96. The lowest BCUT2D eigenvalue weighted by molar-refractivity contribution is -0.124. The number of dihydropyridines is 1. The van der Waals surface area contributed by atoms with Gasteiger partial charge in [-0.25, -0.2) is 19.7 Å². The van der Waals surface area contributed by atoms with E-state index in [0.29, 0.717) is 32.1 Å². The number of imidazole rings is 1. The molecule has 12 nitrogen and oxygen atoms in total. The Morgan fingerprint density at radius 1 is 1.07 bits per heavy atom. The number of nitrogens with one attached hydrogen (secondary N) is 3. The smallest absolute Gasteiger partial charge is 0.410 e. The normalized spacial score (nSPS) is 18.9. The van der Waals surface area contributed by atoms with Crippen LogP contribution in [0.15, 0.2) is 55.0 Å². The Morgan fingerprint density at radius 2 is 1.84 bits per heavy atom. The van der Waals surface area contributed by atoms with Crippen molar-refractivity contribution in [2.45, 2.75) is 45.9 Å². The monoisotopic (exact) mass is 587 g/mol. The number of anilines is 2. The quantitative estimate of drug-likeness (QED) is 0.340. The second-order valence-electron chi connectivity index (χ2n) is 11.7. The number of hydrogen-bond donors (Lipinski definition) is 3. The zero-order chi connectivity index (χ0) is 30.6. The Balaban J connectivity index is 1.29. The Bertz CT molecular complexity index is 1510. The zero-order valence-electron chi connectivity index (χ0n) is 25.6. The molecule has 1 fully saturated rings. The molecule has 1 aromatic carbocycles. The molecule has 0 radical (unpaired) electrons. The number of benzene rings is 1. The van der Waals surface area contributed by atoms with Crippen molar-refractivity contribution in [3.05, 3.63) is 55.0 Å². The molecule has 0 bridgehead atoms. The molecule has 4 heterocycles. The number of H-pyrrole nitrogens is 1. The topological polar surface area (TPSA) is 132 Å². The minimum absolute atomic E-state index is 0.0649. The molecule has 5 rings (SSSR count). The van der Waals surface area contributed by atoms with Crippen LogP contribution >= 0.6 is 0 Å². The minimum atomic E-state index is -1.18. The molecule has 3 N–H and O–H groups in total. The number of hydrogen-bond acceptors (Lipinski definition) is 10. The first kappa shape index (κ1) is 30.0. The molecular formula is C31H41N9O3. The number of rotatable bonds is 9. The van der Waals surface area contributed by atoms with Gasteiger partial charge in [-0.1, -0.05) is 12.1 Å². The highest BCUT2D eigenvalue weighted by molar-refractivity contribution is 5.95. The SMILES string of the molecule is CCN(CC)c1cc(-c2ccc3nc(NC4(C(=O)CN5CCN(C(=O)OC(C)(C)C)CC5)C=CC=CN4)[nH]c3c2)ncn1. The van der Waals surface area contributed by atoms with Crippen LogP contribution in [0.2, 0.25) is 0 Å². The number of ketones is 1. The van der Waals surface area contributed by atoms with E-state index in [4.69, 9.17) is 9.72 Å². The Hall–Kier alpha value is -4.45. The highest BCUT2D eigenvalue weighted by atomic mass is 16.6. The van der Waals surface area contributed by atoms with Crippen molar-refractivity contribution in [2.24, 2.45) is 0 Å². The predicted octanol–water partition coefficient (Wildman–Crippen LogP) is 3.77. The van der Waals surface area contributed by atoms with E-state index in [9.17, 15) is 9.59 Å². The van der Waals surface area contributed by atoms with Gasteiger partial charge in [0, 0.05) is 50.9 Å². The highest BCUT2D eigenvalue weighted by Gasteiger charge is 2.38. The lowest BCUT2D eigenvalue weighted by atomic mass is 10.0. The Morgan fingerprint density at radius 3 is 2.51 bits per heavy atom. The van der Waals surface area contributed by atoms with Crippen molar-refractivity contribution >= 4 is 34.7 Å². The maximum atomic E-state index is 13.8. The van der Waals surface area contributed by atoms with E-state index in [2.05, 4.69) is 49.2 Å². The van der Waals surface area contributed by atoms with E-state index in [-0.39, 0.29) is 18.4 Å². The van der Waals surface area contributed by atoms with Crippen LogP contribution in [0.1, 0.15) is 34.6 Å². The summed E-state index contributed by atoms with van der Waals surface area (Å²) >= 11 is 0. The van der Waals surface area contributed by atoms with E-state index in [1.807, 2.05) is 57.2 Å². The Kier molecular flexibility index (Phi) is 8.67. The minimum Gasteiger partial charge on any atom is -0.444 e. The molecular weight excluding hydrogens is 546 g/mol. The van der Waals surface area contributed by atoms with E-state index < -0.39 is 11.3 Å². The number of carbonyl (C=O) groups excluding carboxylic acids is 2. The van der Waals surface area contributed by atoms with Gasteiger partial charge in [0.15, 0.2) is 11.4 Å². The number of carbonyl (C=O) groups is 2. The second-order valence-corrected chi connectivity index (χ2v) is 11.7. The molecule has 2 aromatic heterocycles. The van der Waals surface area contributed by atoms with E-state index in [1.54, 1.807) is 23.5 Å². The first-order valence-corrected chi connectivity index (χ1v) is 14.8. The number of aromatic amines is 1. The van der Waals surface area contributed by atoms with Gasteiger partial charge in [0.1, 0.15) is 17.7 Å². The van der Waals surface area contributed by atoms with Crippen molar-refractivity contribution in [3.8, 4) is 11.3 Å². The summed E-state index contributed by atoms with van der Waals surface area (Å²) in [6.07, 6.45) is 8.50. The number of Topliss-reactive ketones (excluding diaryl/α,β-unsaturated/α-hetero) is 1.